The Balaban J connectivity index is 2.45. The van der Waals surface area contributed by atoms with Crippen LogP contribution in [0.25, 0.3) is 0 Å². The van der Waals surface area contributed by atoms with Gasteiger partial charge in [-0.25, -0.2) is 12.8 Å². The van der Waals surface area contributed by atoms with E-state index in [0.29, 0.717) is 11.3 Å². The summed E-state index contributed by atoms with van der Waals surface area (Å²) in [6.45, 7) is 1.79. The number of nitrogens with two attached hydrogens (primary N) is 1. The number of aryl methyl sites for hydroxylation is 1. The molecule has 0 atom stereocenters. The summed E-state index contributed by atoms with van der Waals surface area (Å²) in [5, 5.41) is 0. The number of rotatable bonds is 4. The highest BCUT2D eigenvalue weighted by Gasteiger charge is 2.19. The minimum absolute atomic E-state index is 0.00977. The van der Waals surface area contributed by atoms with Crippen LogP contribution < -0.4 is 10.5 Å². The third kappa shape index (κ3) is 3.61. The van der Waals surface area contributed by atoms with Crippen molar-refractivity contribution in [3.63, 3.8) is 0 Å². The van der Waals surface area contributed by atoms with E-state index in [1.807, 2.05) is 0 Å². The van der Waals surface area contributed by atoms with Crippen molar-refractivity contribution in [2.45, 2.75) is 18.4 Å². The molecule has 3 N–H and O–H groups in total. The predicted octanol–water partition coefficient (Wildman–Crippen LogP) is 3.16. The molecule has 7 heteroatoms. The molecule has 0 aliphatic heterocycles. The summed E-state index contributed by atoms with van der Waals surface area (Å²) >= 11 is 3.31. The maximum absolute atomic E-state index is 13.3. The molecule has 0 amide bonds. The van der Waals surface area contributed by atoms with Crippen molar-refractivity contribution in [2.75, 3.05) is 4.72 Å². The molecule has 0 saturated heterocycles. The minimum Gasteiger partial charge on any atom is -0.326 e. The van der Waals surface area contributed by atoms with Crippen LogP contribution in [0.15, 0.2) is 45.8 Å². The van der Waals surface area contributed by atoms with E-state index in [2.05, 4.69) is 20.7 Å². The standard InChI is InChI=1S/C14H14BrFN2O2S/c1-9-6-11(15)3-5-13(9)18-21(19,20)14-7-12(16)4-2-10(14)8-17/h2-7,18H,8,17H2,1H3. The van der Waals surface area contributed by atoms with Gasteiger partial charge in [-0.1, -0.05) is 22.0 Å². The number of benzene rings is 2. The van der Waals surface area contributed by atoms with E-state index >= 15 is 0 Å². The Hall–Kier alpha value is -1.44. The molecule has 0 aliphatic carbocycles. The fourth-order valence-electron chi connectivity index (χ4n) is 1.89. The van der Waals surface area contributed by atoms with E-state index < -0.39 is 15.8 Å². The second-order valence-corrected chi connectivity index (χ2v) is 7.09. The van der Waals surface area contributed by atoms with Gasteiger partial charge in [0.15, 0.2) is 0 Å². The zero-order chi connectivity index (χ0) is 15.6. The number of hydrogen-bond donors (Lipinski definition) is 2. The van der Waals surface area contributed by atoms with Gasteiger partial charge in [0, 0.05) is 11.0 Å². The summed E-state index contributed by atoms with van der Waals surface area (Å²) in [5.74, 6) is -0.625. The molecule has 0 radical (unpaired) electrons. The Kier molecular flexibility index (Phi) is 4.65. The summed E-state index contributed by atoms with van der Waals surface area (Å²) in [6.07, 6.45) is 0. The molecule has 0 heterocycles. The Morgan fingerprint density at radius 3 is 2.57 bits per heavy atom. The van der Waals surface area contributed by atoms with Crippen molar-refractivity contribution >= 4 is 31.6 Å². The van der Waals surface area contributed by atoms with E-state index in [1.54, 1.807) is 25.1 Å². The number of sulfonamides is 1. The van der Waals surface area contributed by atoms with Crippen LogP contribution in [0.4, 0.5) is 10.1 Å². The first-order chi connectivity index (χ1) is 9.83. The molecule has 21 heavy (non-hydrogen) atoms. The van der Waals surface area contributed by atoms with Crippen LogP contribution in [0, 0.1) is 12.7 Å². The minimum atomic E-state index is -3.90. The van der Waals surface area contributed by atoms with E-state index in [-0.39, 0.29) is 11.4 Å². The average Bonchev–Trinajstić information content (AvgIpc) is 2.42. The van der Waals surface area contributed by atoms with Gasteiger partial charge in [-0.3, -0.25) is 4.72 Å². The molecule has 2 aromatic carbocycles. The highest BCUT2D eigenvalue weighted by Crippen LogP contribution is 2.25. The maximum Gasteiger partial charge on any atom is 0.262 e. The van der Waals surface area contributed by atoms with Crippen molar-refractivity contribution in [1.29, 1.82) is 0 Å². The molecule has 0 spiro atoms. The lowest BCUT2D eigenvalue weighted by molar-refractivity contribution is 0.593. The summed E-state index contributed by atoms with van der Waals surface area (Å²) in [5.41, 5.74) is 7.06. The average molecular weight is 373 g/mol. The van der Waals surface area contributed by atoms with Crippen molar-refractivity contribution in [3.05, 3.63) is 57.8 Å². The largest absolute Gasteiger partial charge is 0.326 e. The number of halogens is 2. The van der Waals surface area contributed by atoms with E-state index in [0.717, 1.165) is 16.1 Å². The van der Waals surface area contributed by atoms with Gasteiger partial charge >= 0.3 is 0 Å². The molecule has 2 rings (SSSR count). The SMILES string of the molecule is Cc1cc(Br)ccc1NS(=O)(=O)c1cc(F)ccc1CN. The smallest absolute Gasteiger partial charge is 0.262 e. The van der Waals surface area contributed by atoms with Crippen LogP contribution in [0.5, 0.6) is 0 Å². The topological polar surface area (TPSA) is 72.2 Å². The zero-order valence-electron chi connectivity index (χ0n) is 11.2. The summed E-state index contributed by atoms with van der Waals surface area (Å²) in [6, 6.07) is 8.68. The molecular weight excluding hydrogens is 359 g/mol. The highest BCUT2D eigenvalue weighted by molar-refractivity contribution is 9.10. The Labute approximate surface area is 131 Å². The Morgan fingerprint density at radius 2 is 1.95 bits per heavy atom. The molecule has 0 fully saturated rings. The predicted molar refractivity (Wildman–Crippen MR) is 84.0 cm³/mol. The first-order valence-corrected chi connectivity index (χ1v) is 8.38. The second kappa shape index (κ2) is 6.13. The molecule has 0 bridgehead atoms. The lowest BCUT2D eigenvalue weighted by Gasteiger charge is -2.13. The van der Waals surface area contributed by atoms with Gasteiger partial charge in [-0.05, 0) is 48.4 Å². The van der Waals surface area contributed by atoms with Gasteiger partial charge in [0.05, 0.1) is 10.6 Å². The lowest BCUT2D eigenvalue weighted by atomic mass is 10.2. The molecule has 0 aromatic heterocycles. The third-order valence-electron chi connectivity index (χ3n) is 2.97. The van der Waals surface area contributed by atoms with Crippen LogP contribution >= 0.6 is 15.9 Å². The number of nitrogens with one attached hydrogen (secondary N) is 1. The summed E-state index contributed by atoms with van der Waals surface area (Å²) in [4.78, 5) is -0.146. The highest BCUT2D eigenvalue weighted by atomic mass is 79.9. The van der Waals surface area contributed by atoms with Gasteiger partial charge in [0.25, 0.3) is 10.0 Å². The fraction of sp³-hybridized carbons (Fsp3) is 0.143. The van der Waals surface area contributed by atoms with E-state index in [1.165, 1.54) is 12.1 Å². The quantitative estimate of drug-likeness (QED) is 0.865. The van der Waals surface area contributed by atoms with Crippen molar-refractivity contribution in [3.8, 4) is 0 Å². The monoisotopic (exact) mass is 372 g/mol. The Morgan fingerprint density at radius 1 is 1.24 bits per heavy atom. The molecule has 0 unspecified atom stereocenters. The summed E-state index contributed by atoms with van der Waals surface area (Å²) in [7, 11) is -3.90. The van der Waals surface area contributed by atoms with Crippen molar-refractivity contribution < 1.29 is 12.8 Å². The lowest BCUT2D eigenvalue weighted by Crippen LogP contribution is -2.17. The van der Waals surface area contributed by atoms with E-state index in [9.17, 15) is 12.8 Å². The molecule has 0 aliphatic rings. The number of anilines is 1. The van der Waals surface area contributed by atoms with Crippen LogP contribution in [0.3, 0.4) is 0 Å². The second-order valence-electron chi connectivity index (χ2n) is 4.52. The van der Waals surface area contributed by atoms with Crippen molar-refractivity contribution in [2.24, 2.45) is 5.73 Å². The van der Waals surface area contributed by atoms with Gasteiger partial charge in [0.1, 0.15) is 5.82 Å². The summed E-state index contributed by atoms with van der Waals surface area (Å²) < 4.78 is 41.5. The molecule has 0 saturated carbocycles. The first kappa shape index (κ1) is 15.9. The van der Waals surface area contributed by atoms with Gasteiger partial charge in [0.2, 0.25) is 0 Å². The van der Waals surface area contributed by atoms with E-state index in [4.69, 9.17) is 5.73 Å². The van der Waals surface area contributed by atoms with Gasteiger partial charge in [-0.15, -0.1) is 0 Å². The van der Waals surface area contributed by atoms with Crippen LogP contribution in [0.1, 0.15) is 11.1 Å². The molecular formula is C14H14BrFN2O2S. The van der Waals surface area contributed by atoms with Crippen LogP contribution in [0.2, 0.25) is 0 Å². The Bertz CT molecular complexity index is 779. The maximum atomic E-state index is 13.3. The fourth-order valence-corrected chi connectivity index (χ4v) is 3.76. The van der Waals surface area contributed by atoms with Crippen molar-refractivity contribution in [1.82, 2.24) is 0 Å². The van der Waals surface area contributed by atoms with Crippen LogP contribution in [-0.2, 0) is 16.6 Å². The number of hydrogen-bond acceptors (Lipinski definition) is 3. The van der Waals surface area contributed by atoms with Gasteiger partial charge < -0.3 is 5.73 Å². The molecule has 4 nitrogen and oxygen atoms in total. The van der Waals surface area contributed by atoms with Gasteiger partial charge in [-0.2, -0.15) is 0 Å². The molecule has 112 valence electrons. The first-order valence-electron chi connectivity index (χ1n) is 6.11. The molecule has 2 aromatic rings. The third-order valence-corrected chi connectivity index (χ3v) is 4.91. The van der Waals surface area contributed by atoms with Crippen LogP contribution in [-0.4, -0.2) is 8.42 Å². The normalized spacial score (nSPS) is 11.4. The zero-order valence-corrected chi connectivity index (χ0v) is 13.6.